The Labute approximate surface area is 355 Å². The first-order valence-electron chi connectivity index (χ1n) is 20.6. The zero-order valence-corrected chi connectivity index (χ0v) is 36.8. The van der Waals surface area contributed by atoms with Gasteiger partial charge in [-0.05, 0) is 53.4 Å². The number of hydrogen-bond donors (Lipinski definition) is 4. The highest BCUT2D eigenvalue weighted by molar-refractivity contribution is 7.87. The molecule has 6 amide bonds. The van der Waals surface area contributed by atoms with Crippen molar-refractivity contribution < 1.29 is 41.9 Å². The van der Waals surface area contributed by atoms with Crippen molar-refractivity contribution in [1.82, 2.24) is 34.8 Å². The number of urea groups is 1. The standard InChI is InChI=1S/C43H63N7O9S/c1-10-12-23-31(36(51)38(53)44-24-11-2)45-37(52)35-33-30(43(33,6)7)25-50(35)39(54)34(29-21-17-14-18-22-29)47-40(55)46-32(42(3,4)5)26-48(8)60(57,58)49(9)41(56)59-27-28-19-15-13-16-20-28/h1,11,13,15-16,19-20,29-35H,2,12,14,17-18,21-27H2,3-9H3,(H,44,53)(H,45,52)(H2,46,47,55)/t30-,31?,32+,33-,34-,35-/m0/s1. The average Bonchev–Trinajstić information content (AvgIpc) is 3.50. The van der Waals surface area contributed by atoms with Gasteiger partial charge in [0.05, 0.1) is 6.04 Å². The fraction of sp³-hybridized carbons (Fsp3) is 0.628. The topological polar surface area (TPSA) is 204 Å². The second-order valence-corrected chi connectivity index (χ2v) is 19.8. The van der Waals surface area contributed by atoms with Gasteiger partial charge >= 0.3 is 22.3 Å². The molecule has 2 aliphatic carbocycles. The summed E-state index contributed by atoms with van der Waals surface area (Å²) in [6, 6.07) is 4.13. The Morgan fingerprint density at radius 3 is 2.28 bits per heavy atom. The third-order valence-electron chi connectivity index (χ3n) is 12.3. The maximum atomic E-state index is 14.8. The van der Waals surface area contributed by atoms with Crippen LogP contribution in [0.2, 0.25) is 0 Å². The van der Waals surface area contributed by atoms with Crippen LogP contribution in [-0.2, 0) is 40.7 Å². The van der Waals surface area contributed by atoms with E-state index in [1.807, 2.05) is 34.6 Å². The van der Waals surface area contributed by atoms with Crippen molar-refractivity contribution in [2.75, 3.05) is 33.7 Å². The zero-order chi connectivity index (χ0) is 44.6. The molecule has 17 heteroatoms. The molecule has 6 atom stereocenters. The summed E-state index contributed by atoms with van der Waals surface area (Å²) >= 11 is 0. The van der Waals surface area contributed by atoms with Gasteiger partial charge in [-0.15, -0.1) is 18.9 Å². The quantitative estimate of drug-likeness (QED) is 0.0971. The number of benzene rings is 1. The Morgan fingerprint density at radius 2 is 1.68 bits per heavy atom. The molecule has 330 valence electrons. The number of fused-ring (bicyclic) bond motifs is 1. The zero-order valence-electron chi connectivity index (χ0n) is 36.0. The second-order valence-electron chi connectivity index (χ2n) is 17.8. The minimum Gasteiger partial charge on any atom is -0.444 e. The lowest BCUT2D eigenvalue weighted by Gasteiger charge is -2.38. The summed E-state index contributed by atoms with van der Waals surface area (Å²) in [5, 5.41) is 11.0. The number of likely N-dealkylation sites (N-methyl/N-ethyl adjacent to an activating group) is 1. The summed E-state index contributed by atoms with van der Waals surface area (Å²) < 4.78 is 33.8. The number of carbonyl (C=O) groups excluding carboxylic acids is 6. The SMILES string of the molecule is C#CCCC(NC(=O)[C@@H]1[C@@H]2[C@H](CN1C(=O)[C@@H](NC(=O)N[C@H](CN(C)S(=O)(=O)N(C)C(=O)OCc1ccccc1)C(C)(C)C)C1CCCCC1)C2(C)C)C(=O)C(=O)NCC=C. The number of rotatable bonds is 18. The minimum atomic E-state index is -4.39. The Morgan fingerprint density at radius 1 is 1.03 bits per heavy atom. The van der Waals surface area contributed by atoms with Crippen molar-refractivity contribution in [3.8, 4) is 12.3 Å². The van der Waals surface area contributed by atoms with Gasteiger partial charge < -0.3 is 30.9 Å². The number of terminal acetylenes is 1. The lowest BCUT2D eigenvalue weighted by atomic mass is 9.83. The van der Waals surface area contributed by atoms with Gasteiger partial charge in [0.2, 0.25) is 17.6 Å². The van der Waals surface area contributed by atoms with Crippen LogP contribution >= 0.6 is 0 Å². The van der Waals surface area contributed by atoms with Gasteiger partial charge in [0.15, 0.2) is 0 Å². The summed E-state index contributed by atoms with van der Waals surface area (Å²) in [7, 11) is -1.99. The van der Waals surface area contributed by atoms with E-state index in [9.17, 15) is 37.2 Å². The number of nitrogens with zero attached hydrogens (tertiary/aromatic N) is 3. The van der Waals surface area contributed by atoms with E-state index in [2.05, 4.69) is 33.8 Å². The third kappa shape index (κ3) is 11.4. The number of amides is 6. The van der Waals surface area contributed by atoms with Crippen LogP contribution in [0.3, 0.4) is 0 Å². The summed E-state index contributed by atoms with van der Waals surface area (Å²) in [5.41, 5.74) is -0.286. The monoisotopic (exact) mass is 853 g/mol. The van der Waals surface area contributed by atoms with E-state index >= 15 is 0 Å². The van der Waals surface area contributed by atoms with Crippen LogP contribution in [0.4, 0.5) is 9.59 Å². The van der Waals surface area contributed by atoms with Crippen LogP contribution in [0, 0.1) is 40.9 Å². The highest BCUT2D eigenvalue weighted by atomic mass is 32.2. The van der Waals surface area contributed by atoms with E-state index < -0.39 is 75.4 Å². The predicted molar refractivity (Wildman–Crippen MR) is 226 cm³/mol. The number of Topliss-reactive ketones (excluding diaryl/α,β-unsaturated/α-hetero) is 1. The normalized spacial score (nSPS) is 21.2. The van der Waals surface area contributed by atoms with Crippen LogP contribution < -0.4 is 21.3 Å². The van der Waals surface area contributed by atoms with E-state index in [0.29, 0.717) is 22.7 Å². The molecular weight excluding hydrogens is 791 g/mol. The molecule has 4 N–H and O–H groups in total. The van der Waals surface area contributed by atoms with Gasteiger partial charge in [-0.1, -0.05) is 90.3 Å². The fourth-order valence-electron chi connectivity index (χ4n) is 8.35. The van der Waals surface area contributed by atoms with Crippen molar-refractivity contribution in [3.63, 3.8) is 0 Å². The number of piperidine rings is 1. The van der Waals surface area contributed by atoms with E-state index in [1.54, 1.807) is 30.3 Å². The Bertz CT molecular complexity index is 1900. The van der Waals surface area contributed by atoms with Gasteiger partial charge in [0, 0.05) is 46.2 Å². The molecule has 1 heterocycles. The molecular formula is C43H63N7O9S. The summed E-state index contributed by atoms with van der Waals surface area (Å²) in [4.78, 5) is 83.1. The molecule has 0 aromatic heterocycles. The van der Waals surface area contributed by atoms with Crippen LogP contribution in [0.1, 0.15) is 85.1 Å². The molecule has 1 aromatic rings. The number of hydrogen-bond acceptors (Lipinski definition) is 9. The van der Waals surface area contributed by atoms with Crippen molar-refractivity contribution in [2.45, 2.75) is 110 Å². The first-order chi connectivity index (χ1) is 28.2. The third-order valence-corrected chi connectivity index (χ3v) is 14.0. The maximum absolute atomic E-state index is 14.8. The number of nitrogens with one attached hydrogen (secondary N) is 4. The molecule has 16 nitrogen and oxygen atoms in total. The fourth-order valence-corrected chi connectivity index (χ4v) is 9.34. The average molecular weight is 854 g/mol. The van der Waals surface area contributed by atoms with Gasteiger partial charge in [-0.25, -0.2) is 9.59 Å². The molecule has 2 saturated carbocycles. The molecule has 1 unspecified atom stereocenters. The van der Waals surface area contributed by atoms with Crippen LogP contribution in [0.25, 0.3) is 0 Å². The molecule has 1 saturated heterocycles. The van der Waals surface area contributed by atoms with Gasteiger partial charge in [0.1, 0.15) is 18.7 Å². The van der Waals surface area contributed by atoms with Crippen LogP contribution in [0.5, 0.6) is 0 Å². The Kier molecular flexibility index (Phi) is 16.0. The van der Waals surface area contributed by atoms with Crippen LogP contribution in [-0.4, -0.2) is 115 Å². The maximum Gasteiger partial charge on any atom is 0.424 e. The molecule has 3 fully saturated rings. The molecule has 3 aliphatic rings. The van der Waals surface area contributed by atoms with Gasteiger partial charge in [-0.2, -0.15) is 17.0 Å². The molecule has 4 rings (SSSR count). The van der Waals surface area contributed by atoms with Crippen LogP contribution in [0.15, 0.2) is 43.0 Å². The van der Waals surface area contributed by atoms with Crippen molar-refractivity contribution in [1.29, 1.82) is 0 Å². The number of carbonyl (C=O) groups is 6. The largest absolute Gasteiger partial charge is 0.444 e. The number of ketones is 1. The van der Waals surface area contributed by atoms with Gasteiger partial charge in [0.25, 0.3) is 5.91 Å². The summed E-state index contributed by atoms with van der Waals surface area (Å²) in [6.45, 7) is 13.0. The Hall–Kier alpha value is -4.95. The molecule has 1 aromatic carbocycles. The highest BCUT2D eigenvalue weighted by Gasteiger charge is 2.69. The lowest BCUT2D eigenvalue weighted by molar-refractivity contribution is -0.144. The molecule has 60 heavy (non-hydrogen) atoms. The lowest BCUT2D eigenvalue weighted by Crippen LogP contribution is -2.62. The summed E-state index contributed by atoms with van der Waals surface area (Å²) in [5.74, 6) is -0.784. The van der Waals surface area contributed by atoms with Crippen molar-refractivity contribution in [3.05, 3.63) is 48.6 Å². The molecule has 0 spiro atoms. The predicted octanol–water partition coefficient (Wildman–Crippen LogP) is 3.35. The summed E-state index contributed by atoms with van der Waals surface area (Å²) in [6.07, 6.45) is 9.97. The van der Waals surface area contributed by atoms with Crippen molar-refractivity contribution in [2.24, 2.45) is 28.6 Å². The molecule has 0 radical (unpaired) electrons. The van der Waals surface area contributed by atoms with Crippen molar-refractivity contribution >= 4 is 45.8 Å². The Balaban J connectivity index is 1.52. The number of ether oxygens (including phenoxy) is 1. The first kappa shape index (κ1) is 47.7. The number of likely N-dealkylation sites (tertiary alicyclic amines) is 1. The smallest absolute Gasteiger partial charge is 0.424 e. The second kappa shape index (κ2) is 20.1. The van der Waals surface area contributed by atoms with E-state index in [0.717, 1.165) is 30.6 Å². The first-order valence-corrected chi connectivity index (χ1v) is 22.0. The minimum absolute atomic E-state index is 0.00899. The van der Waals surface area contributed by atoms with E-state index in [-0.39, 0.29) is 62.3 Å². The van der Waals surface area contributed by atoms with E-state index in [1.165, 1.54) is 18.0 Å². The molecule has 1 aliphatic heterocycles. The van der Waals surface area contributed by atoms with Gasteiger partial charge in [-0.3, -0.25) is 19.2 Å². The van der Waals surface area contributed by atoms with E-state index in [4.69, 9.17) is 11.2 Å². The molecule has 0 bridgehead atoms. The highest BCUT2D eigenvalue weighted by Crippen LogP contribution is 2.65.